The molecule has 4 aromatic rings. The van der Waals surface area contributed by atoms with Crippen molar-refractivity contribution in [3.05, 3.63) is 51.5 Å². The highest BCUT2D eigenvalue weighted by atomic mass is 35.5. The van der Waals surface area contributed by atoms with E-state index in [1.807, 2.05) is 42.8 Å². The highest BCUT2D eigenvalue weighted by Gasteiger charge is 2.21. The molecule has 0 atom stereocenters. The summed E-state index contributed by atoms with van der Waals surface area (Å²) in [4.78, 5) is 27.2. The van der Waals surface area contributed by atoms with Gasteiger partial charge in [0.2, 0.25) is 0 Å². The van der Waals surface area contributed by atoms with Gasteiger partial charge in [-0.3, -0.25) is 0 Å². The van der Waals surface area contributed by atoms with Crippen molar-refractivity contribution >= 4 is 50.6 Å². The second-order valence-electron chi connectivity index (χ2n) is 6.27. The number of nitrogens with zero attached hydrogens (tertiary/aromatic N) is 4. The van der Waals surface area contributed by atoms with Gasteiger partial charge in [-0.05, 0) is 38.5 Å². The summed E-state index contributed by atoms with van der Waals surface area (Å²) in [6.07, 6.45) is 3.74. The minimum atomic E-state index is -0.330. The van der Waals surface area contributed by atoms with Crippen LogP contribution in [0.4, 0.5) is 5.82 Å². The van der Waals surface area contributed by atoms with Crippen molar-refractivity contribution < 1.29 is 9.53 Å². The summed E-state index contributed by atoms with van der Waals surface area (Å²) >= 11 is 7.36. The lowest BCUT2D eigenvalue weighted by Crippen LogP contribution is -2.05. The molecule has 0 aliphatic carbocycles. The molecule has 0 amide bonds. The summed E-state index contributed by atoms with van der Waals surface area (Å²) in [5, 5.41) is 4.83. The standard InChI is InChI=1S/C19H18ClN5O2S/c1-4-27-19(26)16-10(2)15-17(22-11(3)23-18(15)28-16)21-7-13-9-25-8-12(20)5-6-14(25)24-13/h5-6,8-9H,4,7H2,1-3H3,(H,21,22,23). The lowest BCUT2D eigenvalue weighted by Gasteiger charge is -2.07. The quantitative estimate of drug-likeness (QED) is 0.486. The molecule has 0 aromatic carbocycles. The van der Waals surface area contributed by atoms with Gasteiger partial charge < -0.3 is 14.5 Å². The number of carbonyl (C=O) groups excluding carboxylic acids is 1. The summed E-state index contributed by atoms with van der Waals surface area (Å²) in [5.74, 6) is 0.985. The van der Waals surface area contributed by atoms with E-state index in [1.165, 1.54) is 11.3 Å². The third-order valence-electron chi connectivity index (χ3n) is 4.26. The van der Waals surface area contributed by atoms with Crippen LogP contribution in [0, 0.1) is 13.8 Å². The number of nitrogens with one attached hydrogen (secondary N) is 1. The Hall–Kier alpha value is -2.71. The second-order valence-corrected chi connectivity index (χ2v) is 7.71. The molecule has 4 aromatic heterocycles. The monoisotopic (exact) mass is 415 g/mol. The normalized spacial score (nSPS) is 11.3. The van der Waals surface area contributed by atoms with Crippen LogP contribution in [-0.4, -0.2) is 31.9 Å². The number of aryl methyl sites for hydroxylation is 2. The van der Waals surface area contributed by atoms with E-state index in [2.05, 4.69) is 20.3 Å². The van der Waals surface area contributed by atoms with E-state index >= 15 is 0 Å². The summed E-state index contributed by atoms with van der Waals surface area (Å²) in [7, 11) is 0. The molecule has 0 saturated heterocycles. The maximum absolute atomic E-state index is 12.2. The van der Waals surface area contributed by atoms with Crippen molar-refractivity contribution in [1.82, 2.24) is 19.4 Å². The summed E-state index contributed by atoms with van der Waals surface area (Å²) in [6, 6.07) is 3.68. The van der Waals surface area contributed by atoms with Gasteiger partial charge in [-0.25, -0.2) is 19.7 Å². The molecular formula is C19H18ClN5O2S. The van der Waals surface area contributed by atoms with Crippen LogP contribution in [0.5, 0.6) is 0 Å². The van der Waals surface area contributed by atoms with Crippen molar-refractivity contribution in [2.75, 3.05) is 11.9 Å². The Bertz CT molecular complexity index is 1200. The van der Waals surface area contributed by atoms with Gasteiger partial charge in [0.25, 0.3) is 0 Å². The summed E-state index contributed by atoms with van der Waals surface area (Å²) in [5.41, 5.74) is 2.49. The van der Waals surface area contributed by atoms with Crippen LogP contribution in [0.3, 0.4) is 0 Å². The molecule has 4 heterocycles. The van der Waals surface area contributed by atoms with E-state index in [4.69, 9.17) is 16.3 Å². The predicted molar refractivity (Wildman–Crippen MR) is 110 cm³/mol. The Morgan fingerprint density at radius 3 is 2.86 bits per heavy atom. The zero-order chi connectivity index (χ0) is 19.8. The number of aromatic nitrogens is 4. The number of hydrogen-bond acceptors (Lipinski definition) is 7. The van der Waals surface area contributed by atoms with E-state index in [1.54, 1.807) is 6.92 Å². The molecule has 1 N–H and O–H groups in total. The van der Waals surface area contributed by atoms with Gasteiger partial charge in [-0.15, -0.1) is 11.3 Å². The van der Waals surface area contributed by atoms with Crippen molar-refractivity contribution in [2.24, 2.45) is 0 Å². The number of imidazole rings is 1. The first-order valence-electron chi connectivity index (χ1n) is 8.78. The lowest BCUT2D eigenvalue weighted by atomic mass is 10.2. The molecule has 0 fully saturated rings. The summed E-state index contributed by atoms with van der Waals surface area (Å²) in [6.45, 7) is 6.33. The number of pyridine rings is 1. The third kappa shape index (κ3) is 3.41. The molecular weight excluding hydrogens is 398 g/mol. The number of thiophene rings is 1. The average molecular weight is 416 g/mol. The molecule has 4 rings (SSSR count). The van der Waals surface area contributed by atoms with E-state index in [0.29, 0.717) is 34.7 Å². The Labute approximate surface area is 170 Å². The zero-order valence-electron chi connectivity index (χ0n) is 15.6. The molecule has 144 valence electrons. The van der Waals surface area contributed by atoms with Gasteiger partial charge in [0.05, 0.1) is 29.3 Å². The van der Waals surface area contributed by atoms with Gasteiger partial charge in [0.1, 0.15) is 27.0 Å². The Kier molecular flexibility index (Phi) is 4.91. The summed E-state index contributed by atoms with van der Waals surface area (Å²) < 4.78 is 7.04. The van der Waals surface area contributed by atoms with Crippen LogP contribution in [0.15, 0.2) is 24.5 Å². The van der Waals surface area contributed by atoms with Crippen molar-refractivity contribution in [2.45, 2.75) is 27.3 Å². The molecule has 9 heteroatoms. The predicted octanol–water partition coefficient (Wildman–Crippen LogP) is 4.40. The Morgan fingerprint density at radius 2 is 2.07 bits per heavy atom. The van der Waals surface area contributed by atoms with Gasteiger partial charge in [-0.1, -0.05) is 11.6 Å². The first-order valence-corrected chi connectivity index (χ1v) is 9.97. The number of halogens is 1. The smallest absolute Gasteiger partial charge is 0.348 e. The second kappa shape index (κ2) is 7.37. The van der Waals surface area contributed by atoms with Gasteiger partial charge >= 0.3 is 5.97 Å². The molecule has 28 heavy (non-hydrogen) atoms. The zero-order valence-corrected chi connectivity index (χ0v) is 17.2. The number of ether oxygens (including phenoxy) is 1. The number of rotatable bonds is 5. The number of fused-ring (bicyclic) bond motifs is 2. The van der Waals surface area contributed by atoms with Crippen LogP contribution in [0.25, 0.3) is 15.9 Å². The van der Waals surface area contributed by atoms with Crippen molar-refractivity contribution in [1.29, 1.82) is 0 Å². The lowest BCUT2D eigenvalue weighted by molar-refractivity contribution is 0.0531. The minimum Gasteiger partial charge on any atom is -0.462 e. The van der Waals surface area contributed by atoms with Crippen LogP contribution < -0.4 is 5.32 Å². The topological polar surface area (TPSA) is 81.4 Å². The van der Waals surface area contributed by atoms with Crippen LogP contribution in [0.2, 0.25) is 5.02 Å². The first-order chi connectivity index (χ1) is 13.5. The SMILES string of the molecule is CCOC(=O)c1sc2nc(C)nc(NCc3cn4cc(Cl)ccc4n3)c2c1C. The van der Waals surface area contributed by atoms with E-state index in [-0.39, 0.29) is 5.97 Å². The Morgan fingerprint density at radius 1 is 1.25 bits per heavy atom. The van der Waals surface area contributed by atoms with Crippen LogP contribution in [-0.2, 0) is 11.3 Å². The van der Waals surface area contributed by atoms with Gasteiger partial charge in [0, 0.05) is 12.4 Å². The highest BCUT2D eigenvalue weighted by Crippen LogP contribution is 2.34. The fourth-order valence-electron chi connectivity index (χ4n) is 3.04. The van der Waals surface area contributed by atoms with E-state index in [0.717, 1.165) is 27.1 Å². The fraction of sp³-hybridized carbons (Fsp3) is 0.263. The molecule has 0 bridgehead atoms. The molecule has 0 unspecified atom stereocenters. The van der Waals surface area contributed by atoms with Crippen molar-refractivity contribution in [3.8, 4) is 0 Å². The molecule has 7 nitrogen and oxygen atoms in total. The maximum Gasteiger partial charge on any atom is 0.348 e. The molecule has 0 saturated carbocycles. The van der Waals surface area contributed by atoms with Gasteiger partial charge in [0.15, 0.2) is 0 Å². The van der Waals surface area contributed by atoms with E-state index < -0.39 is 0 Å². The largest absolute Gasteiger partial charge is 0.462 e. The first kappa shape index (κ1) is 18.6. The molecule has 0 radical (unpaired) electrons. The number of carbonyl (C=O) groups is 1. The van der Waals surface area contributed by atoms with Crippen molar-refractivity contribution in [3.63, 3.8) is 0 Å². The molecule has 0 aliphatic heterocycles. The fourth-order valence-corrected chi connectivity index (χ4v) is 4.33. The number of hydrogen-bond donors (Lipinski definition) is 1. The third-order valence-corrected chi connectivity index (χ3v) is 5.65. The highest BCUT2D eigenvalue weighted by molar-refractivity contribution is 7.20. The molecule has 0 spiro atoms. The number of anilines is 1. The van der Waals surface area contributed by atoms with Crippen LogP contribution in [0.1, 0.15) is 33.7 Å². The van der Waals surface area contributed by atoms with E-state index in [9.17, 15) is 4.79 Å². The Balaban J connectivity index is 1.68. The molecule has 0 aliphatic rings. The van der Waals surface area contributed by atoms with Crippen LogP contribution >= 0.6 is 22.9 Å². The minimum absolute atomic E-state index is 0.330. The van der Waals surface area contributed by atoms with Gasteiger partial charge in [-0.2, -0.15) is 0 Å². The number of esters is 1. The average Bonchev–Trinajstić information content (AvgIpc) is 3.20. The maximum atomic E-state index is 12.2.